The summed E-state index contributed by atoms with van der Waals surface area (Å²) in [6.45, 7) is 3.93. The van der Waals surface area contributed by atoms with Gasteiger partial charge in [0, 0.05) is 17.2 Å². The fourth-order valence-electron chi connectivity index (χ4n) is 2.63. The van der Waals surface area contributed by atoms with Crippen LogP contribution in [-0.4, -0.2) is 9.78 Å². The third-order valence-corrected chi connectivity index (χ3v) is 3.51. The molecular formula is C15H16N2. The summed E-state index contributed by atoms with van der Waals surface area (Å²) in [4.78, 5) is 0. The molecule has 0 bridgehead atoms. The number of hydrogen-bond acceptors (Lipinski definition) is 1. The zero-order chi connectivity index (χ0) is 11.7. The summed E-state index contributed by atoms with van der Waals surface area (Å²) in [6.07, 6.45) is 7.61. The fraction of sp³-hybridized carbons (Fsp3) is 0.267. The molecule has 2 nitrogen and oxygen atoms in total. The van der Waals surface area contributed by atoms with E-state index < -0.39 is 0 Å². The lowest BCUT2D eigenvalue weighted by molar-refractivity contribution is 0.609. The van der Waals surface area contributed by atoms with E-state index in [4.69, 9.17) is 0 Å². The number of nitrogens with zero attached hydrogens (tertiary/aromatic N) is 2. The van der Waals surface area contributed by atoms with E-state index in [0.29, 0.717) is 5.92 Å². The van der Waals surface area contributed by atoms with Gasteiger partial charge in [0.15, 0.2) is 0 Å². The number of allylic oxidation sites excluding steroid dienone is 1. The van der Waals surface area contributed by atoms with Crippen molar-refractivity contribution in [3.63, 3.8) is 0 Å². The van der Waals surface area contributed by atoms with Gasteiger partial charge in [-0.25, -0.2) is 4.68 Å². The molecular weight excluding hydrogens is 208 g/mol. The molecule has 2 heteroatoms. The predicted octanol–water partition coefficient (Wildman–Crippen LogP) is 3.48. The molecule has 0 amide bonds. The molecule has 0 saturated carbocycles. The quantitative estimate of drug-likeness (QED) is 0.714. The average molecular weight is 224 g/mol. The summed E-state index contributed by atoms with van der Waals surface area (Å²) in [7, 11) is 0. The van der Waals surface area contributed by atoms with Crippen LogP contribution < -0.4 is 0 Å². The van der Waals surface area contributed by atoms with Crippen molar-refractivity contribution in [3.05, 3.63) is 60.4 Å². The van der Waals surface area contributed by atoms with E-state index in [1.54, 1.807) is 0 Å². The van der Waals surface area contributed by atoms with Gasteiger partial charge < -0.3 is 0 Å². The highest BCUT2D eigenvalue weighted by Crippen LogP contribution is 2.33. The lowest BCUT2D eigenvalue weighted by atomic mass is 9.87. The summed E-state index contributed by atoms with van der Waals surface area (Å²) in [5.41, 5.74) is 3.86. The largest absolute Gasteiger partial charge is 0.238 e. The van der Waals surface area contributed by atoms with Gasteiger partial charge in [-0.15, -0.1) is 6.58 Å². The highest BCUT2D eigenvalue weighted by molar-refractivity contribution is 5.38. The van der Waals surface area contributed by atoms with Crippen molar-refractivity contribution >= 4 is 0 Å². The topological polar surface area (TPSA) is 17.8 Å². The zero-order valence-electron chi connectivity index (χ0n) is 9.84. The normalized spacial score (nSPS) is 18.7. The van der Waals surface area contributed by atoms with Gasteiger partial charge in [-0.05, 0) is 31.4 Å². The van der Waals surface area contributed by atoms with Crippen molar-refractivity contribution in [3.8, 4) is 5.69 Å². The van der Waals surface area contributed by atoms with Crippen LogP contribution >= 0.6 is 0 Å². The van der Waals surface area contributed by atoms with E-state index in [0.717, 1.165) is 12.1 Å². The summed E-state index contributed by atoms with van der Waals surface area (Å²) < 4.78 is 2.07. The lowest BCUT2D eigenvalue weighted by Crippen LogP contribution is -2.10. The van der Waals surface area contributed by atoms with E-state index in [2.05, 4.69) is 46.7 Å². The van der Waals surface area contributed by atoms with Crippen LogP contribution in [0.4, 0.5) is 0 Å². The van der Waals surface area contributed by atoms with E-state index in [-0.39, 0.29) is 0 Å². The van der Waals surface area contributed by atoms with Crippen molar-refractivity contribution < 1.29 is 0 Å². The highest BCUT2D eigenvalue weighted by atomic mass is 15.3. The Morgan fingerprint density at radius 2 is 2.12 bits per heavy atom. The van der Waals surface area contributed by atoms with Gasteiger partial charge in [0.25, 0.3) is 0 Å². The van der Waals surface area contributed by atoms with Gasteiger partial charge in [0.1, 0.15) is 0 Å². The SMILES string of the molecule is C=CC1CCCc2c1cnn2-c1ccccc1. The third-order valence-electron chi connectivity index (χ3n) is 3.51. The number of aromatic nitrogens is 2. The first kappa shape index (κ1) is 10.3. The Kier molecular flexibility index (Phi) is 2.56. The molecule has 0 saturated heterocycles. The number of fused-ring (bicyclic) bond motifs is 1. The van der Waals surface area contributed by atoms with E-state index in [1.807, 2.05) is 12.3 Å². The van der Waals surface area contributed by atoms with Gasteiger partial charge in [0.2, 0.25) is 0 Å². The molecule has 2 aromatic rings. The minimum atomic E-state index is 0.483. The third kappa shape index (κ3) is 1.70. The number of para-hydroxylation sites is 1. The van der Waals surface area contributed by atoms with Crippen molar-refractivity contribution in [2.24, 2.45) is 0 Å². The van der Waals surface area contributed by atoms with Gasteiger partial charge >= 0.3 is 0 Å². The molecule has 0 spiro atoms. The molecule has 86 valence electrons. The maximum atomic E-state index is 4.54. The molecule has 1 aliphatic carbocycles. The first-order valence-electron chi connectivity index (χ1n) is 6.15. The number of benzene rings is 1. The van der Waals surface area contributed by atoms with Gasteiger partial charge in [-0.1, -0.05) is 24.3 Å². The molecule has 1 heterocycles. The second-order valence-electron chi connectivity index (χ2n) is 4.53. The number of hydrogen-bond donors (Lipinski definition) is 0. The van der Waals surface area contributed by atoms with Gasteiger partial charge in [-0.3, -0.25) is 0 Å². The first-order valence-corrected chi connectivity index (χ1v) is 6.15. The van der Waals surface area contributed by atoms with E-state index in [1.165, 1.54) is 24.1 Å². The molecule has 0 aliphatic heterocycles. The molecule has 0 fully saturated rings. The van der Waals surface area contributed by atoms with Crippen LogP contribution in [0.1, 0.15) is 30.0 Å². The summed E-state index contributed by atoms with van der Waals surface area (Å²) >= 11 is 0. The maximum Gasteiger partial charge on any atom is 0.0648 e. The lowest BCUT2D eigenvalue weighted by Gasteiger charge is -2.20. The average Bonchev–Trinajstić information content (AvgIpc) is 2.83. The molecule has 0 radical (unpaired) electrons. The molecule has 0 N–H and O–H groups in total. The Hall–Kier alpha value is -1.83. The summed E-state index contributed by atoms with van der Waals surface area (Å²) in [6, 6.07) is 10.3. The molecule has 1 aliphatic rings. The number of rotatable bonds is 2. The zero-order valence-corrected chi connectivity index (χ0v) is 9.84. The van der Waals surface area contributed by atoms with Crippen LogP contribution in [-0.2, 0) is 6.42 Å². The van der Waals surface area contributed by atoms with Crippen LogP contribution in [0.25, 0.3) is 5.69 Å². The van der Waals surface area contributed by atoms with Crippen molar-refractivity contribution in [2.75, 3.05) is 0 Å². The first-order chi connectivity index (χ1) is 8.40. The monoisotopic (exact) mass is 224 g/mol. The predicted molar refractivity (Wildman–Crippen MR) is 69.4 cm³/mol. The Balaban J connectivity index is 2.09. The van der Waals surface area contributed by atoms with E-state index >= 15 is 0 Å². The van der Waals surface area contributed by atoms with Crippen LogP contribution in [0, 0.1) is 0 Å². The Labute approximate surface area is 102 Å². The van der Waals surface area contributed by atoms with Gasteiger partial charge in [-0.2, -0.15) is 5.10 Å². The highest BCUT2D eigenvalue weighted by Gasteiger charge is 2.22. The van der Waals surface area contributed by atoms with Crippen LogP contribution in [0.5, 0.6) is 0 Å². The molecule has 1 aromatic heterocycles. The second kappa shape index (κ2) is 4.21. The second-order valence-corrected chi connectivity index (χ2v) is 4.53. The van der Waals surface area contributed by atoms with Crippen LogP contribution in [0.15, 0.2) is 49.2 Å². The fourth-order valence-corrected chi connectivity index (χ4v) is 2.63. The summed E-state index contributed by atoms with van der Waals surface area (Å²) in [5.74, 6) is 0.483. The smallest absolute Gasteiger partial charge is 0.0648 e. The molecule has 1 aromatic carbocycles. The van der Waals surface area contributed by atoms with Crippen molar-refractivity contribution in [1.29, 1.82) is 0 Å². The summed E-state index contributed by atoms with van der Waals surface area (Å²) in [5, 5.41) is 4.54. The van der Waals surface area contributed by atoms with Crippen LogP contribution in [0.2, 0.25) is 0 Å². The minimum Gasteiger partial charge on any atom is -0.238 e. The van der Waals surface area contributed by atoms with Gasteiger partial charge in [0.05, 0.1) is 11.9 Å². The van der Waals surface area contributed by atoms with Crippen molar-refractivity contribution in [1.82, 2.24) is 9.78 Å². The van der Waals surface area contributed by atoms with Crippen molar-refractivity contribution in [2.45, 2.75) is 25.2 Å². The molecule has 3 rings (SSSR count). The van der Waals surface area contributed by atoms with Crippen LogP contribution in [0.3, 0.4) is 0 Å². The van der Waals surface area contributed by atoms with E-state index in [9.17, 15) is 0 Å². The Morgan fingerprint density at radius 1 is 1.29 bits per heavy atom. The maximum absolute atomic E-state index is 4.54. The minimum absolute atomic E-state index is 0.483. The standard InChI is InChI=1S/C15H16N2/c1-2-12-7-6-10-15-14(12)11-16-17(15)13-8-4-3-5-9-13/h2-5,8-9,11-12H,1,6-7,10H2. The molecule has 1 unspecified atom stereocenters. The Morgan fingerprint density at radius 3 is 2.88 bits per heavy atom. The molecule has 17 heavy (non-hydrogen) atoms. The Bertz CT molecular complexity index is 525. The molecule has 1 atom stereocenters.